The molecule has 112 valence electrons. The van der Waals surface area contributed by atoms with Gasteiger partial charge in [-0.3, -0.25) is 0 Å². The van der Waals surface area contributed by atoms with Gasteiger partial charge in [-0.2, -0.15) is 0 Å². The first-order valence-corrected chi connectivity index (χ1v) is 5.97. The van der Waals surface area contributed by atoms with Crippen LogP contribution in [0, 0.1) is 6.92 Å². The van der Waals surface area contributed by atoms with Crippen molar-refractivity contribution < 1.29 is 24.5 Å². The number of aromatic carboxylic acids is 1. The van der Waals surface area contributed by atoms with Crippen LogP contribution < -0.4 is 5.32 Å². The maximum Gasteiger partial charge on any atom is 0.354 e. The van der Waals surface area contributed by atoms with Gasteiger partial charge in [0.25, 0.3) is 0 Å². The lowest BCUT2D eigenvalue weighted by Crippen LogP contribution is -2.38. The van der Waals surface area contributed by atoms with Crippen molar-refractivity contribution in [2.75, 3.05) is 32.6 Å². The summed E-state index contributed by atoms with van der Waals surface area (Å²) in [6, 6.07) is 1.02. The molecule has 0 saturated carbocycles. The normalized spacial score (nSPS) is 12.0. The quantitative estimate of drug-likeness (QED) is 0.607. The first-order valence-electron chi connectivity index (χ1n) is 5.97. The van der Waals surface area contributed by atoms with Crippen molar-refractivity contribution in [3.63, 3.8) is 0 Å². The highest BCUT2D eigenvalue weighted by Gasteiger charge is 2.18. The number of aryl methyl sites for hydroxylation is 1. The van der Waals surface area contributed by atoms with E-state index in [2.05, 4.69) is 10.3 Å². The molecule has 0 aromatic carbocycles. The zero-order valence-electron chi connectivity index (χ0n) is 11.6. The molecule has 2 amide bonds. The fourth-order valence-electron chi connectivity index (χ4n) is 1.71. The fourth-order valence-corrected chi connectivity index (χ4v) is 1.71. The van der Waals surface area contributed by atoms with Crippen molar-refractivity contribution in [1.82, 2.24) is 9.88 Å². The number of carbonyl (C=O) groups is 2. The van der Waals surface area contributed by atoms with Crippen molar-refractivity contribution >= 4 is 17.7 Å². The Kier molecular flexibility index (Phi) is 5.53. The molecule has 0 radical (unpaired) electrons. The zero-order valence-corrected chi connectivity index (χ0v) is 11.6. The molecule has 0 aliphatic heterocycles. The summed E-state index contributed by atoms with van der Waals surface area (Å²) in [6.45, 7) is 1.88. The SMILES string of the molecule is COCC(O)CN(C)C(=O)Nc1cc(C)[nH]c1C(=O)O. The predicted octanol–water partition coefficient (Wildman–Crippen LogP) is 0.492. The number of H-pyrrole nitrogens is 1. The molecule has 1 unspecified atom stereocenters. The number of carboxylic acid groups (broad SMARTS) is 1. The number of rotatable bonds is 6. The first kappa shape index (κ1) is 16.0. The van der Waals surface area contributed by atoms with Crippen LogP contribution in [0.5, 0.6) is 0 Å². The Morgan fingerprint density at radius 3 is 2.75 bits per heavy atom. The van der Waals surface area contributed by atoms with E-state index in [4.69, 9.17) is 9.84 Å². The van der Waals surface area contributed by atoms with Crippen molar-refractivity contribution in [3.05, 3.63) is 17.5 Å². The van der Waals surface area contributed by atoms with E-state index in [9.17, 15) is 14.7 Å². The van der Waals surface area contributed by atoms with Gasteiger partial charge in [-0.25, -0.2) is 9.59 Å². The number of nitrogens with zero attached hydrogens (tertiary/aromatic N) is 1. The first-order chi connectivity index (χ1) is 9.35. The van der Waals surface area contributed by atoms with Crippen LogP contribution in [0.3, 0.4) is 0 Å². The molecule has 0 bridgehead atoms. The molecule has 20 heavy (non-hydrogen) atoms. The van der Waals surface area contributed by atoms with Crippen molar-refractivity contribution in [1.29, 1.82) is 0 Å². The number of likely N-dealkylation sites (N-methyl/N-ethyl adjacent to an activating group) is 1. The Morgan fingerprint density at radius 1 is 1.55 bits per heavy atom. The van der Waals surface area contributed by atoms with Gasteiger partial charge in [0.05, 0.1) is 24.9 Å². The maximum atomic E-state index is 11.9. The molecule has 1 rings (SSSR count). The number of anilines is 1. The van der Waals surface area contributed by atoms with Crippen LogP contribution in [0.25, 0.3) is 0 Å². The molecular formula is C12H19N3O5. The number of aromatic nitrogens is 1. The van der Waals surface area contributed by atoms with Gasteiger partial charge in [-0.1, -0.05) is 0 Å². The number of carboxylic acids is 1. The molecule has 0 fully saturated rings. The van der Waals surface area contributed by atoms with E-state index in [1.807, 2.05) is 0 Å². The van der Waals surface area contributed by atoms with Crippen LogP contribution in [0.15, 0.2) is 6.07 Å². The Morgan fingerprint density at radius 2 is 2.20 bits per heavy atom. The molecular weight excluding hydrogens is 266 g/mol. The average molecular weight is 285 g/mol. The van der Waals surface area contributed by atoms with Gasteiger partial charge in [-0.05, 0) is 13.0 Å². The minimum absolute atomic E-state index is 0.0749. The number of hydrogen-bond acceptors (Lipinski definition) is 4. The van der Waals surface area contributed by atoms with Gasteiger partial charge in [0.15, 0.2) is 0 Å². The van der Waals surface area contributed by atoms with E-state index >= 15 is 0 Å². The highest BCUT2D eigenvalue weighted by Crippen LogP contribution is 2.17. The van der Waals surface area contributed by atoms with Crippen molar-refractivity contribution in [2.24, 2.45) is 0 Å². The van der Waals surface area contributed by atoms with Crippen molar-refractivity contribution in [3.8, 4) is 0 Å². The molecule has 0 saturated heterocycles. The highest BCUT2D eigenvalue weighted by molar-refractivity contribution is 5.99. The third kappa shape index (κ3) is 4.25. The minimum Gasteiger partial charge on any atom is -0.477 e. The zero-order chi connectivity index (χ0) is 15.3. The van der Waals surface area contributed by atoms with E-state index < -0.39 is 18.1 Å². The number of aliphatic hydroxyl groups is 1. The Labute approximate surface area is 116 Å². The monoisotopic (exact) mass is 285 g/mol. The summed E-state index contributed by atoms with van der Waals surface area (Å²) >= 11 is 0. The van der Waals surface area contributed by atoms with Crippen LogP contribution >= 0.6 is 0 Å². The highest BCUT2D eigenvalue weighted by atomic mass is 16.5. The summed E-state index contributed by atoms with van der Waals surface area (Å²) < 4.78 is 4.77. The van der Waals surface area contributed by atoms with Gasteiger partial charge in [0, 0.05) is 19.9 Å². The summed E-state index contributed by atoms with van der Waals surface area (Å²) in [7, 11) is 2.94. The summed E-state index contributed by atoms with van der Waals surface area (Å²) in [5.41, 5.74) is 0.731. The number of methoxy groups -OCH3 is 1. The predicted molar refractivity (Wildman–Crippen MR) is 72.0 cm³/mol. The molecule has 1 aromatic heterocycles. The number of amides is 2. The lowest BCUT2D eigenvalue weighted by Gasteiger charge is -2.20. The average Bonchev–Trinajstić information content (AvgIpc) is 2.70. The lowest BCUT2D eigenvalue weighted by molar-refractivity contribution is 0.0501. The topological polar surface area (TPSA) is 115 Å². The molecule has 1 heterocycles. The number of ether oxygens (including phenoxy) is 1. The molecule has 8 nitrogen and oxygen atoms in total. The molecule has 0 aliphatic carbocycles. The van der Waals surface area contributed by atoms with Crippen LogP contribution in [0.1, 0.15) is 16.2 Å². The number of hydrogen-bond donors (Lipinski definition) is 4. The summed E-state index contributed by atoms with van der Waals surface area (Å²) in [4.78, 5) is 26.8. The molecule has 0 aliphatic rings. The lowest BCUT2D eigenvalue weighted by atomic mass is 10.3. The van der Waals surface area contributed by atoms with E-state index in [1.54, 1.807) is 6.92 Å². The number of carbonyl (C=O) groups excluding carboxylic acids is 1. The smallest absolute Gasteiger partial charge is 0.354 e. The molecule has 1 aromatic rings. The van der Waals surface area contributed by atoms with Gasteiger partial charge in [0.2, 0.25) is 0 Å². The second-order valence-corrected chi connectivity index (χ2v) is 4.47. The standard InChI is InChI=1S/C12H19N3O5/c1-7-4-9(10(13-7)11(17)18)14-12(19)15(2)5-8(16)6-20-3/h4,8,13,16H,5-6H2,1-3H3,(H,14,19)(H,17,18). The fraction of sp³-hybridized carbons (Fsp3) is 0.500. The number of aromatic amines is 1. The summed E-state index contributed by atoms with van der Waals surface area (Å²) in [5.74, 6) is -1.16. The molecule has 0 spiro atoms. The van der Waals surface area contributed by atoms with Crippen LogP contribution in [-0.4, -0.2) is 65.5 Å². The van der Waals surface area contributed by atoms with E-state index in [-0.39, 0.29) is 24.5 Å². The summed E-state index contributed by atoms with van der Waals surface area (Å²) in [5, 5.41) is 21.0. The maximum absolute atomic E-state index is 11.9. The van der Waals surface area contributed by atoms with Gasteiger partial charge >= 0.3 is 12.0 Å². The van der Waals surface area contributed by atoms with Crippen LogP contribution in [-0.2, 0) is 4.74 Å². The van der Waals surface area contributed by atoms with Crippen molar-refractivity contribution in [2.45, 2.75) is 13.0 Å². The Hall–Kier alpha value is -2.06. The number of urea groups is 1. The minimum atomic E-state index is -1.16. The second kappa shape index (κ2) is 6.92. The van der Waals surface area contributed by atoms with E-state index in [0.29, 0.717) is 5.69 Å². The molecule has 4 N–H and O–H groups in total. The largest absolute Gasteiger partial charge is 0.477 e. The van der Waals surface area contributed by atoms with Gasteiger partial charge < -0.3 is 30.2 Å². The second-order valence-electron chi connectivity index (χ2n) is 4.47. The van der Waals surface area contributed by atoms with Crippen LogP contribution in [0.2, 0.25) is 0 Å². The third-order valence-electron chi connectivity index (χ3n) is 2.60. The number of aliphatic hydroxyl groups excluding tert-OH is 1. The van der Waals surface area contributed by atoms with E-state index in [1.165, 1.54) is 25.1 Å². The Bertz CT molecular complexity index is 485. The van der Waals surface area contributed by atoms with Gasteiger partial charge in [0.1, 0.15) is 5.69 Å². The summed E-state index contributed by atoms with van der Waals surface area (Å²) in [6.07, 6.45) is -0.803. The number of nitrogens with one attached hydrogen (secondary N) is 2. The Balaban J connectivity index is 2.68. The van der Waals surface area contributed by atoms with Gasteiger partial charge in [-0.15, -0.1) is 0 Å². The van der Waals surface area contributed by atoms with Crippen LogP contribution in [0.4, 0.5) is 10.5 Å². The molecule has 1 atom stereocenters. The third-order valence-corrected chi connectivity index (χ3v) is 2.60. The molecule has 8 heteroatoms. The van der Waals surface area contributed by atoms with E-state index in [0.717, 1.165) is 0 Å².